The molecule has 180 valence electrons. The van der Waals surface area contributed by atoms with Crippen LogP contribution < -0.4 is 9.47 Å². The molecule has 1 aliphatic heterocycles. The second-order valence-electron chi connectivity index (χ2n) is 8.86. The summed E-state index contributed by atoms with van der Waals surface area (Å²) >= 11 is 6.48. The third-order valence-corrected chi connectivity index (χ3v) is 6.99. The summed E-state index contributed by atoms with van der Waals surface area (Å²) in [5, 5.41) is 22.1. The minimum atomic E-state index is -1.63. The smallest absolute Gasteiger partial charge is 0.214 e. The largest absolute Gasteiger partial charge is 0.492 e. The molecule has 0 radical (unpaired) electrons. The van der Waals surface area contributed by atoms with E-state index in [1.807, 2.05) is 30.3 Å². The third kappa shape index (κ3) is 3.59. The van der Waals surface area contributed by atoms with Gasteiger partial charge in [0, 0.05) is 24.9 Å². The van der Waals surface area contributed by atoms with Crippen molar-refractivity contribution in [3.8, 4) is 22.8 Å². The molecule has 0 aliphatic carbocycles. The third-order valence-electron chi connectivity index (χ3n) is 6.68. The van der Waals surface area contributed by atoms with Crippen molar-refractivity contribution < 1.29 is 14.6 Å². The molecule has 36 heavy (non-hydrogen) atoms. The van der Waals surface area contributed by atoms with Crippen LogP contribution >= 0.6 is 11.6 Å². The molecular formula is C28H23ClN4O3. The highest BCUT2D eigenvalue weighted by Crippen LogP contribution is 2.41. The SMILES string of the molecule is COc1cc2c3cc(ccc3n1)C(O)(c1nncn1C)c1ccc(Cl)c(c1)OCCc1cccc-2c1. The van der Waals surface area contributed by atoms with Gasteiger partial charge in [-0.05, 0) is 52.1 Å². The van der Waals surface area contributed by atoms with E-state index in [2.05, 4.69) is 33.4 Å². The van der Waals surface area contributed by atoms with Crippen molar-refractivity contribution in [3.05, 3.63) is 101 Å². The van der Waals surface area contributed by atoms with Gasteiger partial charge in [-0.3, -0.25) is 0 Å². The summed E-state index contributed by atoms with van der Waals surface area (Å²) in [6.07, 6.45) is 2.25. The Kier molecular flexibility index (Phi) is 5.39. The highest BCUT2D eigenvalue weighted by Gasteiger charge is 2.39. The van der Waals surface area contributed by atoms with E-state index in [0.29, 0.717) is 46.6 Å². The molecule has 0 spiro atoms. The predicted octanol–water partition coefficient (Wildman–Crippen LogP) is 4.91. The Bertz CT molecular complexity index is 1620. The molecule has 0 amide bonds. The fourth-order valence-electron chi connectivity index (χ4n) is 4.82. The standard InChI is InChI=1S/C28H23ClN4O3/c1-33-16-30-32-27(33)28(34)19-7-9-24-22(13-19)21(15-26(31-24)35-2)18-5-3-4-17(12-18)10-11-36-25-14-20(28)6-8-23(25)29/h3-9,12-16,34H,10-11H2,1-2H3. The van der Waals surface area contributed by atoms with Crippen LogP contribution in [0.5, 0.6) is 11.6 Å². The number of ether oxygens (including phenoxy) is 2. The van der Waals surface area contributed by atoms with Crippen LogP contribution in [0, 0.1) is 0 Å². The van der Waals surface area contributed by atoms with Crippen molar-refractivity contribution in [1.29, 1.82) is 0 Å². The number of rotatable bonds is 2. The van der Waals surface area contributed by atoms with Crippen LogP contribution in [0.2, 0.25) is 5.02 Å². The highest BCUT2D eigenvalue weighted by molar-refractivity contribution is 6.32. The van der Waals surface area contributed by atoms with Crippen LogP contribution in [0.4, 0.5) is 0 Å². The van der Waals surface area contributed by atoms with Gasteiger partial charge >= 0.3 is 0 Å². The molecule has 0 saturated heterocycles. The first-order valence-electron chi connectivity index (χ1n) is 11.6. The Balaban J connectivity index is 1.72. The van der Waals surface area contributed by atoms with Crippen molar-refractivity contribution in [1.82, 2.24) is 19.7 Å². The lowest BCUT2D eigenvalue weighted by atomic mass is 9.84. The van der Waals surface area contributed by atoms with Crippen LogP contribution in [-0.4, -0.2) is 38.6 Å². The zero-order valence-corrected chi connectivity index (χ0v) is 20.5. The molecule has 3 aromatic carbocycles. The molecule has 6 rings (SSSR count). The summed E-state index contributed by atoms with van der Waals surface area (Å²) in [5.41, 5.74) is 3.41. The lowest BCUT2D eigenvalue weighted by molar-refractivity contribution is 0.111. The van der Waals surface area contributed by atoms with E-state index in [9.17, 15) is 5.11 Å². The number of halogens is 1. The normalized spacial score (nSPS) is 17.0. The van der Waals surface area contributed by atoms with E-state index in [-0.39, 0.29) is 0 Å². The van der Waals surface area contributed by atoms with Gasteiger partial charge in [-0.15, -0.1) is 10.2 Å². The molecule has 1 N–H and O–H groups in total. The number of pyridine rings is 1. The molecule has 3 heterocycles. The van der Waals surface area contributed by atoms with Crippen LogP contribution in [0.25, 0.3) is 22.0 Å². The number of aryl methyl sites for hydroxylation is 1. The van der Waals surface area contributed by atoms with Crippen LogP contribution in [0.3, 0.4) is 0 Å². The van der Waals surface area contributed by atoms with E-state index >= 15 is 0 Å². The van der Waals surface area contributed by atoms with Crippen molar-refractivity contribution in [2.75, 3.05) is 13.7 Å². The van der Waals surface area contributed by atoms with Gasteiger partial charge in [0.2, 0.25) is 5.88 Å². The Hall–Kier alpha value is -3.94. The molecule has 0 saturated carbocycles. The number of hydrogen-bond acceptors (Lipinski definition) is 6. The average Bonchev–Trinajstić information content (AvgIpc) is 3.34. The molecule has 1 atom stereocenters. The van der Waals surface area contributed by atoms with E-state index in [0.717, 1.165) is 27.6 Å². The highest BCUT2D eigenvalue weighted by atomic mass is 35.5. The van der Waals surface area contributed by atoms with Gasteiger partial charge in [-0.1, -0.05) is 48.0 Å². The van der Waals surface area contributed by atoms with Gasteiger partial charge in [-0.2, -0.15) is 0 Å². The van der Waals surface area contributed by atoms with Crippen molar-refractivity contribution >= 4 is 22.5 Å². The molecular weight excluding hydrogens is 476 g/mol. The molecule has 1 aliphatic rings. The van der Waals surface area contributed by atoms with E-state index < -0.39 is 5.60 Å². The monoisotopic (exact) mass is 498 g/mol. The minimum Gasteiger partial charge on any atom is -0.492 e. The number of aliphatic hydroxyl groups is 1. The molecule has 5 aromatic rings. The second-order valence-corrected chi connectivity index (χ2v) is 9.27. The first-order chi connectivity index (χ1) is 17.5. The number of fused-ring (bicyclic) bond motifs is 6. The maximum Gasteiger partial charge on any atom is 0.214 e. The topological polar surface area (TPSA) is 82.3 Å². The lowest BCUT2D eigenvalue weighted by Crippen LogP contribution is -2.32. The van der Waals surface area contributed by atoms with E-state index in [4.69, 9.17) is 21.1 Å². The average molecular weight is 499 g/mol. The van der Waals surface area contributed by atoms with Crippen molar-refractivity contribution in [3.63, 3.8) is 0 Å². The van der Waals surface area contributed by atoms with Crippen LogP contribution in [0.15, 0.2) is 73.1 Å². The summed E-state index contributed by atoms with van der Waals surface area (Å²) in [7, 11) is 3.41. The van der Waals surface area contributed by atoms with Crippen molar-refractivity contribution in [2.45, 2.75) is 12.0 Å². The fraction of sp³-hybridized carbons (Fsp3) is 0.179. The molecule has 1 unspecified atom stereocenters. The van der Waals surface area contributed by atoms with Gasteiger partial charge in [0.1, 0.15) is 12.1 Å². The Morgan fingerprint density at radius 3 is 2.69 bits per heavy atom. The number of benzene rings is 3. The summed E-state index contributed by atoms with van der Waals surface area (Å²) in [4.78, 5) is 4.66. The quantitative estimate of drug-likeness (QED) is 0.372. The van der Waals surface area contributed by atoms with E-state index in [1.165, 1.54) is 0 Å². The lowest BCUT2D eigenvalue weighted by Gasteiger charge is -2.29. The summed E-state index contributed by atoms with van der Waals surface area (Å²) in [6.45, 7) is 0.426. The number of hydrogen-bond donors (Lipinski definition) is 1. The zero-order valence-electron chi connectivity index (χ0n) is 19.8. The second kappa shape index (κ2) is 8.62. The minimum absolute atomic E-state index is 0.368. The summed E-state index contributed by atoms with van der Waals surface area (Å²) in [6, 6.07) is 21.2. The maximum atomic E-state index is 12.4. The number of methoxy groups -OCH3 is 1. The van der Waals surface area contributed by atoms with Crippen molar-refractivity contribution in [2.24, 2.45) is 7.05 Å². The Labute approximate surface area is 212 Å². The van der Waals surface area contributed by atoms with Gasteiger partial charge in [-0.25, -0.2) is 4.98 Å². The summed E-state index contributed by atoms with van der Waals surface area (Å²) < 4.78 is 13.3. The molecule has 7 nitrogen and oxygen atoms in total. The van der Waals surface area contributed by atoms with Gasteiger partial charge < -0.3 is 19.1 Å². The molecule has 0 fully saturated rings. The summed E-state index contributed by atoms with van der Waals surface area (Å²) in [5.74, 6) is 1.38. The first-order valence-corrected chi connectivity index (χ1v) is 11.9. The van der Waals surface area contributed by atoms with Gasteiger partial charge in [0.05, 0.1) is 24.3 Å². The number of nitrogens with zero attached hydrogens (tertiary/aromatic N) is 4. The molecule has 8 heteroatoms. The number of aromatic nitrogens is 4. The van der Waals surface area contributed by atoms with Gasteiger partial charge in [0.25, 0.3) is 0 Å². The van der Waals surface area contributed by atoms with Crippen LogP contribution in [0.1, 0.15) is 22.5 Å². The maximum absolute atomic E-state index is 12.4. The zero-order chi connectivity index (χ0) is 24.9. The molecule has 2 aromatic heterocycles. The van der Waals surface area contributed by atoms with E-state index in [1.54, 1.807) is 43.3 Å². The first kappa shape index (κ1) is 22.5. The van der Waals surface area contributed by atoms with Crippen LogP contribution in [-0.2, 0) is 19.1 Å². The Morgan fingerprint density at radius 2 is 1.89 bits per heavy atom. The van der Waals surface area contributed by atoms with Gasteiger partial charge in [0.15, 0.2) is 11.4 Å². The fourth-order valence-corrected chi connectivity index (χ4v) is 4.99. The molecule has 6 bridgehead atoms. The Morgan fingerprint density at radius 1 is 1.06 bits per heavy atom. The predicted molar refractivity (Wildman–Crippen MR) is 137 cm³/mol.